The van der Waals surface area contributed by atoms with Gasteiger partial charge in [-0.3, -0.25) is 9.52 Å². The third kappa shape index (κ3) is 5.25. The number of anilines is 2. The predicted octanol–water partition coefficient (Wildman–Crippen LogP) is 3.44. The first-order valence-corrected chi connectivity index (χ1v) is 12.3. The molecule has 0 spiro atoms. The van der Waals surface area contributed by atoms with Crippen LogP contribution in [0, 0.1) is 5.82 Å². The highest BCUT2D eigenvalue weighted by Crippen LogP contribution is 2.25. The first-order valence-electron chi connectivity index (χ1n) is 8.95. The van der Waals surface area contributed by atoms with Gasteiger partial charge in [0.15, 0.2) is 0 Å². The van der Waals surface area contributed by atoms with Gasteiger partial charge in [-0.15, -0.1) is 0 Å². The molecule has 0 saturated carbocycles. The summed E-state index contributed by atoms with van der Waals surface area (Å²) in [6.07, 6.45) is 0. The second kappa shape index (κ2) is 9.25. The van der Waals surface area contributed by atoms with Crippen LogP contribution in [0.3, 0.4) is 0 Å². The minimum atomic E-state index is -4.04. The van der Waals surface area contributed by atoms with E-state index in [0.717, 1.165) is 18.2 Å². The topological polar surface area (TPSA) is 121 Å². The molecule has 12 heteroatoms. The molecule has 0 atom stereocenters. The summed E-state index contributed by atoms with van der Waals surface area (Å²) in [7, 11) is -6.76. The Morgan fingerprint density at radius 2 is 1.56 bits per heavy atom. The first kappa shape index (κ1) is 23.7. The molecule has 8 nitrogen and oxygen atoms in total. The molecule has 0 saturated heterocycles. The highest BCUT2D eigenvalue weighted by atomic mass is 35.5. The van der Waals surface area contributed by atoms with Crippen LogP contribution in [-0.2, 0) is 20.0 Å². The molecule has 168 valence electrons. The lowest BCUT2D eigenvalue weighted by Gasteiger charge is -2.12. The average molecular weight is 498 g/mol. The number of halogens is 2. The molecule has 3 aromatic carbocycles. The van der Waals surface area contributed by atoms with E-state index in [1.165, 1.54) is 43.4 Å². The fourth-order valence-electron chi connectivity index (χ4n) is 2.65. The van der Waals surface area contributed by atoms with Gasteiger partial charge in [0.25, 0.3) is 15.9 Å². The van der Waals surface area contributed by atoms with Crippen molar-refractivity contribution >= 4 is 48.9 Å². The Labute approximate surface area is 189 Å². The summed E-state index contributed by atoms with van der Waals surface area (Å²) in [6, 6.07) is 14.3. The van der Waals surface area contributed by atoms with Gasteiger partial charge in [0.2, 0.25) is 10.0 Å². The summed E-state index contributed by atoms with van der Waals surface area (Å²) in [6.45, 7) is 0. The number of rotatable bonds is 7. The zero-order chi connectivity index (χ0) is 23.5. The van der Waals surface area contributed by atoms with Gasteiger partial charge in [0.1, 0.15) is 5.82 Å². The minimum absolute atomic E-state index is 0.0540. The number of hydrogen-bond acceptors (Lipinski definition) is 5. The van der Waals surface area contributed by atoms with Gasteiger partial charge in [0.05, 0.1) is 26.1 Å². The summed E-state index contributed by atoms with van der Waals surface area (Å²) in [4.78, 5) is 12.1. The summed E-state index contributed by atoms with van der Waals surface area (Å²) in [5.41, 5.74) is -0.296. The van der Waals surface area contributed by atoms with Crippen LogP contribution in [0.5, 0.6) is 0 Å². The van der Waals surface area contributed by atoms with Crippen LogP contribution >= 0.6 is 11.6 Å². The van der Waals surface area contributed by atoms with Gasteiger partial charge < -0.3 is 5.32 Å². The molecule has 0 aliphatic carbocycles. The molecule has 0 fully saturated rings. The van der Waals surface area contributed by atoms with E-state index in [1.807, 2.05) is 0 Å². The molecule has 0 radical (unpaired) electrons. The summed E-state index contributed by atoms with van der Waals surface area (Å²) in [5.74, 6) is -1.90. The Morgan fingerprint density at radius 1 is 0.875 bits per heavy atom. The van der Waals surface area contributed by atoms with Crippen molar-refractivity contribution in [1.82, 2.24) is 4.72 Å². The Kier molecular flexibility index (Phi) is 6.84. The Hall–Kier alpha value is -2.99. The number of carbonyl (C=O) groups excluding carboxylic acids is 1. The fourth-order valence-corrected chi connectivity index (χ4v) is 4.77. The fraction of sp³-hybridized carbons (Fsp3) is 0.0500. The van der Waals surface area contributed by atoms with Crippen molar-refractivity contribution in [3.05, 3.63) is 83.1 Å². The summed E-state index contributed by atoms with van der Waals surface area (Å²) >= 11 is 5.99. The van der Waals surface area contributed by atoms with Gasteiger partial charge in [0, 0.05) is 5.69 Å². The molecule has 0 aliphatic rings. The smallest absolute Gasteiger partial charge is 0.262 e. The lowest BCUT2D eigenvalue weighted by atomic mass is 10.2. The van der Waals surface area contributed by atoms with Crippen molar-refractivity contribution in [2.75, 3.05) is 17.1 Å². The lowest BCUT2D eigenvalue weighted by Crippen LogP contribution is -2.20. The molecule has 32 heavy (non-hydrogen) atoms. The van der Waals surface area contributed by atoms with E-state index in [2.05, 4.69) is 14.8 Å². The number of nitrogens with one attached hydrogen (secondary N) is 3. The Morgan fingerprint density at radius 3 is 2.25 bits per heavy atom. The monoisotopic (exact) mass is 497 g/mol. The van der Waals surface area contributed by atoms with Gasteiger partial charge in [-0.2, -0.15) is 0 Å². The number of carbonyl (C=O) groups is 1. The maximum absolute atomic E-state index is 14.2. The van der Waals surface area contributed by atoms with Crippen LogP contribution in [0.4, 0.5) is 15.8 Å². The van der Waals surface area contributed by atoms with Crippen molar-refractivity contribution in [3.63, 3.8) is 0 Å². The van der Waals surface area contributed by atoms with Crippen LogP contribution in [0.2, 0.25) is 5.02 Å². The highest BCUT2D eigenvalue weighted by Gasteiger charge is 2.20. The van der Waals surface area contributed by atoms with Gasteiger partial charge in [-0.1, -0.05) is 29.8 Å². The lowest BCUT2D eigenvalue weighted by molar-refractivity contribution is 0.102. The van der Waals surface area contributed by atoms with E-state index in [1.54, 1.807) is 12.1 Å². The van der Waals surface area contributed by atoms with E-state index in [-0.39, 0.29) is 26.2 Å². The van der Waals surface area contributed by atoms with E-state index in [4.69, 9.17) is 11.6 Å². The van der Waals surface area contributed by atoms with E-state index in [0.29, 0.717) is 0 Å². The van der Waals surface area contributed by atoms with Gasteiger partial charge >= 0.3 is 0 Å². The van der Waals surface area contributed by atoms with Crippen LogP contribution in [-0.4, -0.2) is 29.8 Å². The molecule has 1 amide bonds. The molecule has 3 N–H and O–H groups in total. The number of sulfonamides is 2. The van der Waals surface area contributed by atoms with E-state index in [9.17, 15) is 26.0 Å². The van der Waals surface area contributed by atoms with Crippen molar-refractivity contribution in [1.29, 1.82) is 0 Å². The van der Waals surface area contributed by atoms with Crippen molar-refractivity contribution in [3.8, 4) is 0 Å². The number of para-hydroxylation sites is 1. The van der Waals surface area contributed by atoms with Crippen molar-refractivity contribution in [2.45, 2.75) is 9.79 Å². The molecule has 3 rings (SSSR count). The Balaban J connectivity index is 1.87. The average Bonchev–Trinajstić information content (AvgIpc) is 2.75. The van der Waals surface area contributed by atoms with Crippen LogP contribution in [0.25, 0.3) is 0 Å². The number of amides is 1. The van der Waals surface area contributed by atoms with E-state index < -0.39 is 37.3 Å². The highest BCUT2D eigenvalue weighted by molar-refractivity contribution is 7.92. The van der Waals surface area contributed by atoms with Crippen molar-refractivity contribution < 1.29 is 26.0 Å². The standard InChI is InChI=1S/C20H17ClFN3O5S2/c1-23-31(27,28)15-9-10-18(22)16(12-15)20(26)24-13-5-4-6-14(11-13)32(29,30)25-19-8-3-2-7-17(19)21/h2-12,23,25H,1H3,(H,24,26). The Bertz CT molecular complexity index is 1400. The molecule has 0 heterocycles. The zero-order valence-corrected chi connectivity index (χ0v) is 18.9. The maximum atomic E-state index is 14.2. The molecule has 0 aliphatic heterocycles. The molecule has 0 bridgehead atoms. The summed E-state index contributed by atoms with van der Waals surface area (Å²) in [5, 5.41) is 2.57. The minimum Gasteiger partial charge on any atom is -0.322 e. The zero-order valence-electron chi connectivity index (χ0n) is 16.5. The number of hydrogen-bond donors (Lipinski definition) is 3. The van der Waals surface area contributed by atoms with Gasteiger partial charge in [-0.25, -0.2) is 25.9 Å². The maximum Gasteiger partial charge on any atom is 0.262 e. The third-order valence-electron chi connectivity index (χ3n) is 4.28. The SMILES string of the molecule is CNS(=O)(=O)c1ccc(F)c(C(=O)Nc2cccc(S(=O)(=O)Nc3ccccc3Cl)c2)c1. The van der Waals surface area contributed by atoms with Crippen LogP contribution < -0.4 is 14.8 Å². The van der Waals surface area contributed by atoms with Crippen LogP contribution in [0.1, 0.15) is 10.4 Å². The second-order valence-electron chi connectivity index (χ2n) is 6.42. The molecular weight excluding hydrogens is 481 g/mol. The van der Waals surface area contributed by atoms with Crippen molar-refractivity contribution in [2.24, 2.45) is 0 Å². The van der Waals surface area contributed by atoms with Crippen LogP contribution in [0.15, 0.2) is 76.5 Å². The molecular formula is C20H17ClFN3O5S2. The summed E-state index contributed by atoms with van der Waals surface area (Å²) < 4.78 is 67.8. The third-order valence-corrected chi connectivity index (χ3v) is 7.39. The molecule has 3 aromatic rings. The quantitative estimate of drug-likeness (QED) is 0.461. The normalized spacial score (nSPS) is 11.7. The largest absolute Gasteiger partial charge is 0.322 e. The van der Waals surface area contributed by atoms with Gasteiger partial charge in [-0.05, 0) is 55.6 Å². The predicted molar refractivity (Wildman–Crippen MR) is 119 cm³/mol. The number of benzene rings is 3. The first-order chi connectivity index (χ1) is 15.0. The van der Waals surface area contributed by atoms with E-state index >= 15 is 0 Å². The molecule has 0 aromatic heterocycles. The molecule has 0 unspecified atom stereocenters. The second-order valence-corrected chi connectivity index (χ2v) is 10.4.